The van der Waals surface area contributed by atoms with Gasteiger partial charge in [0.2, 0.25) is 0 Å². The van der Waals surface area contributed by atoms with E-state index in [9.17, 15) is 0 Å². The highest BCUT2D eigenvalue weighted by molar-refractivity contribution is 5.19. The molecular formula is C12H21NO2. The lowest BCUT2D eigenvalue weighted by molar-refractivity contribution is 0.129. The van der Waals surface area contributed by atoms with E-state index < -0.39 is 0 Å². The van der Waals surface area contributed by atoms with Crippen molar-refractivity contribution in [3.63, 3.8) is 0 Å². The van der Waals surface area contributed by atoms with Crippen LogP contribution in [0.3, 0.4) is 0 Å². The molecule has 1 aromatic heterocycles. The van der Waals surface area contributed by atoms with Gasteiger partial charge in [0.05, 0.1) is 12.3 Å². The van der Waals surface area contributed by atoms with Crippen molar-refractivity contribution in [2.75, 3.05) is 13.7 Å². The first-order chi connectivity index (χ1) is 6.77. The lowest BCUT2D eigenvalue weighted by Crippen LogP contribution is -2.22. The molecule has 1 rings (SSSR count). The minimum atomic E-state index is -0.120. The maximum Gasteiger partial charge on any atom is 0.144 e. The van der Waals surface area contributed by atoms with Crippen LogP contribution in [0.1, 0.15) is 46.1 Å². The molecule has 0 aliphatic rings. The molecule has 0 spiro atoms. The molecule has 0 aliphatic heterocycles. The van der Waals surface area contributed by atoms with Crippen molar-refractivity contribution in [2.45, 2.75) is 45.4 Å². The van der Waals surface area contributed by atoms with Crippen LogP contribution in [0.2, 0.25) is 0 Å². The van der Waals surface area contributed by atoms with E-state index >= 15 is 0 Å². The Hall–Kier alpha value is -0.830. The van der Waals surface area contributed by atoms with Crippen LogP contribution in [0, 0.1) is 0 Å². The number of hydrogen-bond donors (Lipinski definition) is 0. The molecule has 86 valence electrons. The molecule has 1 heterocycles. The average Bonchev–Trinajstić information content (AvgIpc) is 2.50. The van der Waals surface area contributed by atoms with Crippen molar-refractivity contribution >= 4 is 0 Å². The number of methoxy groups -OCH3 is 1. The van der Waals surface area contributed by atoms with Crippen LogP contribution in [0.15, 0.2) is 10.6 Å². The third-order valence-electron chi connectivity index (χ3n) is 2.45. The van der Waals surface area contributed by atoms with E-state index in [1.165, 1.54) is 0 Å². The zero-order valence-electron chi connectivity index (χ0n) is 10.5. The molecule has 3 nitrogen and oxygen atoms in total. The Kier molecular flexibility index (Phi) is 3.24. The van der Waals surface area contributed by atoms with Crippen molar-refractivity contribution in [2.24, 2.45) is 0 Å². The molecule has 0 aliphatic carbocycles. The number of rotatable bonds is 3. The van der Waals surface area contributed by atoms with E-state index in [0.717, 1.165) is 11.5 Å². The Morgan fingerprint density at radius 3 is 2.27 bits per heavy atom. The van der Waals surface area contributed by atoms with Gasteiger partial charge in [-0.15, -0.1) is 0 Å². The van der Waals surface area contributed by atoms with Crippen molar-refractivity contribution in [3.05, 3.63) is 17.5 Å². The summed E-state index contributed by atoms with van der Waals surface area (Å²) in [5.74, 6) is 0.884. The molecule has 0 saturated heterocycles. The first-order valence-corrected chi connectivity index (χ1v) is 5.24. The molecule has 0 bridgehead atoms. The molecule has 0 unspecified atom stereocenters. The first-order valence-electron chi connectivity index (χ1n) is 5.24. The minimum absolute atomic E-state index is 0.0326. The number of aromatic nitrogens is 1. The Morgan fingerprint density at radius 1 is 1.27 bits per heavy atom. The highest BCUT2D eigenvalue weighted by Gasteiger charge is 2.28. The summed E-state index contributed by atoms with van der Waals surface area (Å²) in [4.78, 5) is 0. The number of hydrogen-bond acceptors (Lipinski definition) is 3. The van der Waals surface area contributed by atoms with E-state index in [2.05, 4.69) is 39.8 Å². The van der Waals surface area contributed by atoms with Gasteiger partial charge in [0.1, 0.15) is 5.76 Å². The molecule has 1 aromatic rings. The monoisotopic (exact) mass is 211 g/mol. The normalized spacial score (nSPS) is 13.2. The van der Waals surface area contributed by atoms with Gasteiger partial charge in [-0.3, -0.25) is 0 Å². The molecule has 3 heteroatoms. The third kappa shape index (κ3) is 2.81. The largest absolute Gasteiger partial charge is 0.384 e. The summed E-state index contributed by atoms with van der Waals surface area (Å²) in [5, 5.41) is 4.11. The second-order valence-electron chi connectivity index (χ2n) is 5.64. The summed E-state index contributed by atoms with van der Waals surface area (Å²) in [6.45, 7) is 11.2. The van der Waals surface area contributed by atoms with Gasteiger partial charge < -0.3 is 9.26 Å². The molecule has 0 radical (unpaired) electrons. The molecule has 0 N–H and O–H groups in total. The van der Waals surface area contributed by atoms with Crippen LogP contribution in [-0.4, -0.2) is 18.9 Å². The molecule has 0 saturated carbocycles. The Labute approximate surface area is 91.8 Å². The Morgan fingerprint density at radius 2 is 1.87 bits per heavy atom. The van der Waals surface area contributed by atoms with Gasteiger partial charge in [0, 0.05) is 24.0 Å². The number of ether oxygens (including phenoxy) is 1. The lowest BCUT2D eigenvalue weighted by atomic mass is 9.87. The van der Waals surface area contributed by atoms with E-state index in [1.807, 2.05) is 6.07 Å². The summed E-state index contributed by atoms with van der Waals surface area (Å²) < 4.78 is 10.5. The molecule has 0 amide bonds. The summed E-state index contributed by atoms with van der Waals surface area (Å²) in [5.41, 5.74) is 0.901. The fourth-order valence-corrected chi connectivity index (χ4v) is 1.38. The SMILES string of the molecule is COCC(C)(C)c1cc(C(C)(C)C)no1. The second-order valence-corrected chi connectivity index (χ2v) is 5.64. The van der Waals surface area contributed by atoms with Crippen molar-refractivity contribution in [1.29, 1.82) is 0 Å². The van der Waals surface area contributed by atoms with Crippen LogP contribution >= 0.6 is 0 Å². The maximum absolute atomic E-state index is 5.38. The standard InChI is InChI=1S/C12H21NO2/c1-11(2,3)9-7-10(15-13-9)12(4,5)8-14-6/h7H,8H2,1-6H3. The van der Waals surface area contributed by atoms with E-state index in [-0.39, 0.29) is 10.8 Å². The first kappa shape index (κ1) is 12.2. The van der Waals surface area contributed by atoms with Crippen LogP contribution < -0.4 is 0 Å². The summed E-state index contributed by atoms with van der Waals surface area (Å²) in [6.07, 6.45) is 0. The Balaban J connectivity index is 2.94. The smallest absolute Gasteiger partial charge is 0.144 e. The van der Waals surface area contributed by atoms with Crippen LogP contribution in [0.5, 0.6) is 0 Å². The highest BCUT2D eigenvalue weighted by atomic mass is 16.5. The van der Waals surface area contributed by atoms with Crippen molar-refractivity contribution < 1.29 is 9.26 Å². The molecule has 15 heavy (non-hydrogen) atoms. The van der Waals surface area contributed by atoms with E-state index in [0.29, 0.717) is 6.61 Å². The van der Waals surface area contributed by atoms with Gasteiger partial charge in [-0.05, 0) is 0 Å². The lowest BCUT2D eigenvalue weighted by Gasteiger charge is -2.19. The zero-order chi connectivity index (χ0) is 11.7. The third-order valence-corrected chi connectivity index (χ3v) is 2.45. The molecule has 0 atom stereocenters. The minimum Gasteiger partial charge on any atom is -0.384 e. The predicted molar refractivity (Wildman–Crippen MR) is 60.1 cm³/mol. The molecule has 0 aromatic carbocycles. The summed E-state index contributed by atoms with van der Waals surface area (Å²) in [7, 11) is 1.70. The van der Waals surface area contributed by atoms with E-state index in [4.69, 9.17) is 9.26 Å². The van der Waals surface area contributed by atoms with Crippen molar-refractivity contribution in [1.82, 2.24) is 5.16 Å². The van der Waals surface area contributed by atoms with Crippen LogP contribution in [0.25, 0.3) is 0 Å². The second kappa shape index (κ2) is 3.97. The maximum atomic E-state index is 5.38. The predicted octanol–water partition coefficient (Wildman–Crippen LogP) is 2.90. The van der Waals surface area contributed by atoms with Crippen molar-refractivity contribution in [3.8, 4) is 0 Å². The fraction of sp³-hybridized carbons (Fsp3) is 0.750. The van der Waals surface area contributed by atoms with Gasteiger partial charge >= 0.3 is 0 Å². The van der Waals surface area contributed by atoms with Gasteiger partial charge in [-0.25, -0.2) is 0 Å². The van der Waals surface area contributed by atoms with Gasteiger partial charge in [-0.2, -0.15) is 0 Å². The highest BCUT2D eigenvalue weighted by Crippen LogP contribution is 2.28. The molecular weight excluding hydrogens is 190 g/mol. The van der Waals surface area contributed by atoms with Gasteiger partial charge in [-0.1, -0.05) is 39.8 Å². The van der Waals surface area contributed by atoms with Crippen LogP contribution in [0.4, 0.5) is 0 Å². The average molecular weight is 211 g/mol. The number of nitrogens with zero attached hydrogens (tertiary/aromatic N) is 1. The van der Waals surface area contributed by atoms with Gasteiger partial charge in [0.15, 0.2) is 0 Å². The van der Waals surface area contributed by atoms with E-state index in [1.54, 1.807) is 7.11 Å². The zero-order valence-corrected chi connectivity index (χ0v) is 10.5. The molecule has 0 fully saturated rings. The van der Waals surface area contributed by atoms with Gasteiger partial charge in [0.25, 0.3) is 0 Å². The summed E-state index contributed by atoms with van der Waals surface area (Å²) in [6, 6.07) is 2.03. The van der Waals surface area contributed by atoms with Crippen LogP contribution in [-0.2, 0) is 15.6 Å². The fourth-order valence-electron chi connectivity index (χ4n) is 1.38. The quantitative estimate of drug-likeness (QED) is 0.771. The topological polar surface area (TPSA) is 35.3 Å². The Bertz CT molecular complexity index is 321. The summed E-state index contributed by atoms with van der Waals surface area (Å²) >= 11 is 0.